The van der Waals surface area contributed by atoms with E-state index in [-0.39, 0.29) is 12.1 Å². The lowest BCUT2D eigenvalue weighted by Crippen LogP contribution is -2.34. The lowest BCUT2D eigenvalue weighted by Gasteiger charge is -2.26. The summed E-state index contributed by atoms with van der Waals surface area (Å²) in [5, 5.41) is 3.05. The van der Waals surface area contributed by atoms with Crippen LogP contribution >= 0.6 is 0 Å². The van der Waals surface area contributed by atoms with Crippen LogP contribution in [0.5, 0.6) is 0 Å². The zero-order chi connectivity index (χ0) is 15.5. The van der Waals surface area contributed by atoms with Crippen molar-refractivity contribution in [3.8, 4) is 0 Å². The van der Waals surface area contributed by atoms with Gasteiger partial charge in [-0.15, -0.1) is 0 Å². The summed E-state index contributed by atoms with van der Waals surface area (Å²) in [5.74, 6) is 0. The maximum atomic E-state index is 12.7. The van der Waals surface area contributed by atoms with E-state index in [1.807, 2.05) is 36.1 Å². The summed E-state index contributed by atoms with van der Waals surface area (Å²) in [6.45, 7) is 4.92. The van der Waals surface area contributed by atoms with Gasteiger partial charge < -0.3 is 10.2 Å². The number of hydrogen-bond acceptors (Lipinski definition) is 1. The van der Waals surface area contributed by atoms with Gasteiger partial charge in [-0.1, -0.05) is 48.0 Å². The van der Waals surface area contributed by atoms with Crippen molar-refractivity contribution >= 4 is 11.7 Å². The molecule has 0 aliphatic carbocycles. The number of para-hydroxylation sites is 1. The Hall–Kier alpha value is -2.29. The molecule has 1 aliphatic heterocycles. The Balaban J connectivity index is 1.78. The maximum Gasteiger partial charge on any atom is 0.322 e. The number of carbonyl (C=O) groups excluding carboxylic acids is 1. The SMILES string of the molecule is Cc1cccc(C2CCCN2C(=O)Nc2ccccc2C)c1. The van der Waals surface area contributed by atoms with Crippen LogP contribution < -0.4 is 5.32 Å². The molecule has 1 heterocycles. The summed E-state index contributed by atoms with van der Waals surface area (Å²) in [6.07, 6.45) is 2.09. The molecule has 114 valence electrons. The summed E-state index contributed by atoms with van der Waals surface area (Å²) in [7, 11) is 0. The van der Waals surface area contributed by atoms with Crippen molar-refractivity contribution in [2.75, 3.05) is 11.9 Å². The van der Waals surface area contributed by atoms with E-state index in [2.05, 4.69) is 36.5 Å². The molecule has 0 spiro atoms. The molecular formula is C19H22N2O. The molecular weight excluding hydrogens is 272 g/mol. The van der Waals surface area contributed by atoms with Gasteiger partial charge in [0.25, 0.3) is 0 Å². The zero-order valence-corrected chi connectivity index (χ0v) is 13.2. The van der Waals surface area contributed by atoms with Crippen LogP contribution in [0.15, 0.2) is 48.5 Å². The van der Waals surface area contributed by atoms with Gasteiger partial charge in [-0.05, 0) is 43.9 Å². The number of benzene rings is 2. The molecule has 2 aromatic carbocycles. The van der Waals surface area contributed by atoms with Crippen molar-refractivity contribution in [2.45, 2.75) is 32.7 Å². The number of nitrogens with one attached hydrogen (secondary N) is 1. The normalized spacial score (nSPS) is 17.5. The largest absolute Gasteiger partial charge is 0.322 e. The molecule has 3 nitrogen and oxygen atoms in total. The van der Waals surface area contributed by atoms with Gasteiger partial charge >= 0.3 is 6.03 Å². The van der Waals surface area contributed by atoms with Crippen LogP contribution in [-0.2, 0) is 0 Å². The third kappa shape index (κ3) is 2.98. The third-order valence-electron chi connectivity index (χ3n) is 4.33. The Kier molecular flexibility index (Phi) is 4.14. The highest BCUT2D eigenvalue weighted by Gasteiger charge is 2.30. The number of aryl methyl sites for hydroxylation is 2. The predicted octanol–water partition coefficient (Wildman–Crippen LogP) is 4.67. The molecule has 0 aromatic heterocycles. The summed E-state index contributed by atoms with van der Waals surface area (Å²) in [5.41, 5.74) is 4.45. The second-order valence-corrected chi connectivity index (χ2v) is 6.01. The second kappa shape index (κ2) is 6.22. The van der Waals surface area contributed by atoms with Crippen molar-refractivity contribution in [1.82, 2.24) is 4.90 Å². The van der Waals surface area contributed by atoms with Crippen molar-refractivity contribution in [1.29, 1.82) is 0 Å². The topological polar surface area (TPSA) is 32.3 Å². The molecule has 1 fully saturated rings. The molecule has 0 bridgehead atoms. The van der Waals surface area contributed by atoms with Gasteiger partial charge in [0.2, 0.25) is 0 Å². The molecule has 2 amide bonds. The highest BCUT2D eigenvalue weighted by molar-refractivity contribution is 5.90. The first-order valence-electron chi connectivity index (χ1n) is 7.85. The standard InChI is InChI=1S/C19H22N2O/c1-14-7-5-9-16(13-14)18-11-6-12-21(18)19(22)20-17-10-4-3-8-15(17)2/h3-5,7-10,13,18H,6,11-12H2,1-2H3,(H,20,22). The van der Waals surface area contributed by atoms with E-state index in [0.29, 0.717) is 0 Å². The molecule has 1 saturated heterocycles. The van der Waals surface area contributed by atoms with E-state index in [9.17, 15) is 4.79 Å². The fourth-order valence-corrected chi connectivity index (χ4v) is 3.13. The number of nitrogens with zero attached hydrogens (tertiary/aromatic N) is 1. The first kappa shape index (κ1) is 14.6. The van der Waals surface area contributed by atoms with Crippen molar-refractivity contribution in [3.63, 3.8) is 0 Å². The van der Waals surface area contributed by atoms with E-state index < -0.39 is 0 Å². The minimum atomic E-state index is -0.00157. The summed E-state index contributed by atoms with van der Waals surface area (Å²) in [4.78, 5) is 14.6. The van der Waals surface area contributed by atoms with Gasteiger partial charge in [0.15, 0.2) is 0 Å². The minimum absolute atomic E-state index is 0.00157. The van der Waals surface area contributed by atoms with Crippen LogP contribution in [0.3, 0.4) is 0 Å². The van der Waals surface area contributed by atoms with E-state index in [4.69, 9.17) is 0 Å². The van der Waals surface area contributed by atoms with Gasteiger partial charge in [-0.25, -0.2) is 4.79 Å². The molecule has 22 heavy (non-hydrogen) atoms. The Morgan fingerprint density at radius 1 is 1.14 bits per heavy atom. The van der Waals surface area contributed by atoms with Crippen LogP contribution in [0.4, 0.5) is 10.5 Å². The van der Waals surface area contributed by atoms with Crippen LogP contribution in [-0.4, -0.2) is 17.5 Å². The number of urea groups is 1. The van der Waals surface area contributed by atoms with Gasteiger partial charge in [-0.2, -0.15) is 0 Å². The maximum absolute atomic E-state index is 12.7. The molecule has 1 aliphatic rings. The van der Waals surface area contributed by atoms with Crippen molar-refractivity contribution in [3.05, 3.63) is 65.2 Å². The Labute approximate surface area is 132 Å². The molecule has 1 N–H and O–H groups in total. The monoisotopic (exact) mass is 294 g/mol. The quantitative estimate of drug-likeness (QED) is 0.857. The first-order chi connectivity index (χ1) is 10.6. The summed E-state index contributed by atoms with van der Waals surface area (Å²) < 4.78 is 0. The van der Waals surface area contributed by atoms with E-state index in [0.717, 1.165) is 30.6 Å². The third-order valence-corrected chi connectivity index (χ3v) is 4.33. The predicted molar refractivity (Wildman–Crippen MR) is 90.1 cm³/mol. The molecule has 0 radical (unpaired) electrons. The number of hydrogen-bond donors (Lipinski definition) is 1. The zero-order valence-electron chi connectivity index (χ0n) is 13.2. The van der Waals surface area contributed by atoms with E-state index in [1.54, 1.807) is 0 Å². The Morgan fingerprint density at radius 2 is 1.95 bits per heavy atom. The molecule has 1 unspecified atom stereocenters. The summed E-state index contributed by atoms with van der Waals surface area (Å²) >= 11 is 0. The van der Waals surface area contributed by atoms with Crippen LogP contribution in [0.1, 0.15) is 35.6 Å². The van der Waals surface area contributed by atoms with Crippen LogP contribution in [0.25, 0.3) is 0 Å². The fraction of sp³-hybridized carbons (Fsp3) is 0.316. The second-order valence-electron chi connectivity index (χ2n) is 6.01. The Bertz CT molecular complexity index is 681. The number of carbonyl (C=O) groups is 1. The van der Waals surface area contributed by atoms with Gasteiger partial charge in [0.05, 0.1) is 6.04 Å². The Morgan fingerprint density at radius 3 is 2.73 bits per heavy atom. The molecule has 0 saturated carbocycles. The van der Waals surface area contributed by atoms with Crippen molar-refractivity contribution < 1.29 is 4.79 Å². The molecule has 1 atom stereocenters. The minimum Gasteiger partial charge on any atom is -0.317 e. The fourth-order valence-electron chi connectivity index (χ4n) is 3.13. The van der Waals surface area contributed by atoms with Crippen LogP contribution in [0.2, 0.25) is 0 Å². The molecule has 3 heteroatoms. The first-order valence-corrected chi connectivity index (χ1v) is 7.85. The number of anilines is 1. The van der Waals surface area contributed by atoms with Gasteiger partial charge in [0.1, 0.15) is 0 Å². The molecule has 2 aromatic rings. The lowest BCUT2D eigenvalue weighted by molar-refractivity contribution is 0.207. The number of amides is 2. The van der Waals surface area contributed by atoms with E-state index >= 15 is 0 Å². The highest BCUT2D eigenvalue weighted by atomic mass is 16.2. The average Bonchev–Trinajstić information content (AvgIpc) is 2.99. The van der Waals surface area contributed by atoms with Crippen LogP contribution in [0, 0.1) is 13.8 Å². The van der Waals surface area contributed by atoms with Crippen molar-refractivity contribution in [2.24, 2.45) is 0 Å². The molecule has 3 rings (SSSR count). The highest BCUT2D eigenvalue weighted by Crippen LogP contribution is 2.32. The number of likely N-dealkylation sites (tertiary alicyclic amines) is 1. The average molecular weight is 294 g/mol. The van der Waals surface area contributed by atoms with Gasteiger partial charge in [0, 0.05) is 12.2 Å². The summed E-state index contributed by atoms with van der Waals surface area (Å²) in [6, 6.07) is 16.5. The number of rotatable bonds is 2. The van der Waals surface area contributed by atoms with Gasteiger partial charge in [-0.3, -0.25) is 0 Å². The van der Waals surface area contributed by atoms with E-state index in [1.165, 1.54) is 11.1 Å². The lowest BCUT2D eigenvalue weighted by atomic mass is 10.0. The smallest absolute Gasteiger partial charge is 0.317 e.